The highest BCUT2D eigenvalue weighted by Gasteiger charge is 2.35. The maximum Gasteiger partial charge on any atom is 0.125 e. The van der Waals surface area contributed by atoms with E-state index in [1.54, 1.807) is 0 Å². The topological polar surface area (TPSA) is 21.3 Å². The van der Waals surface area contributed by atoms with E-state index >= 15 is 0 Å². The first kappa shape index (κ1) is 14.4. The van der Waals surface area contributed by atoms with E-state index in [9.17, 15) is 0 Å². The molecule has 0 bridgehead atoms. The molecule has 1 N–H and O–H groups in total. The molecule has 0 amide bonds. The molecule has 2 aliphatic rings. The molecule has 2 nitrogen and oxygen atoms in total. The van der Waals surface area contributed by atoms with E-state index in [-0.39, 0.29) is 0 Å². The van der Waals surface area contributed by atoms with Crippen molar-refractivity contribution in [3.8, 4) is 5.75 Å². The third kappa shape index (κ3) is 2.89. The maximum atomic E-state index is 5.90. The summed E-state index contributed by atoms with van der Waals surface area (Å²) in [5.74, 6) is 1.18. The van der Waals surface area contributed by atoms with E-state index < -0.39 is 0 Å². The van der Waals surface area contributed by atoms with Gasteiger partial charge in [0.15, 0.2) is 0 Å². The molecule has 0 radical (unpaired) electrons. The Morgan fingerprint density at radius 2 is 2.10 bits per heavy atom. The monoisotopic (exact) mass is 337 g/mol. The number of halogens is 1. The second-order valence-corrected chi connectivity index (χ2v) is 7.23. The van der Waals surface area contributed by atoms with Gasteiger partial charge in [-0.25, -0.2) is 0 Å². The molecule has 0 spiro atoms. The first-order valence-electron chi connectivity index (χ1n) is 7.87. The van der Waals surface area contributed by atoms with Gasteiger partial charge >= 0.3 is 0 Å². The lowest BCUT2D eigenvalue weighted by molar-refractivity contribution is 0.273. The van der Waals surface area contributed by atoms with Gasteiger partial charge in [-0.05, 0) is 54.5 Å². The minimum absolute atomic E-state index is 0.441. The van der Waals surface area contributed by atoms with Crippen molar-refractivity contribution in [1.29, 1.82) is 0 Å². The van der Waals surface area contributed by atoms with Crippen LogP contribution in [0.3, 0.4) is 0 Å². The molecule has 1 aromatic rings. The second kappa shape index (κ2) is 6.07. The molecular formula is C17H24BrNO. The van der Waals surface area contributed by atoms with Gasteiger partial charge in [-0.1, -0.05) is 35.7 Å². The number of hydrogen-bond donors (Lipinski definition) is 1. The van der Waals surface area contributed by atoms with E-state index in [0.717, 1.165) is 32.5 Å². The predicted octanol–water partition coefficient (Wildman–Crippen LogP) is 4.10. The van der Waals surface area contributed by atoms with Gasteiger partial charge in [-0.15, -0.1) is 0 Å². The van der Waals surface area contributed by atoms with Crippen molar-refractivity contribution < 1.29 is 4.74 Å². The van der Waals surface area contributed by atoms with Crippen LogP contribution in [0, 0.1) is 5.41 Å². The van der Waals surface area contributed by atoms with Gasteiger partial charge in [0, 0.05) is 17.4 Å². The zero-order chi connectivity index (χ0) is 14.0. The number of hydrogen-bond acceptors (Lipinski definition) is 2. The molecular weight excluding hydrogens is 314 g/mol. The smallest absolute Gasteiger partial charge is 0.125 e. The molecule has 1 heterocycles. The Morgan fingerprint density at radius 1 is 1.30 bits per heavy atom. The van der Waals surface area contributed by atoms with Gasteiger partial charge in [0.2, 0.25) is 0 Å². The lowest BCUT2D eigenvalue weighted by Crippen LogP contribution is -2.34. The summed E-state index contributed by atoms with van der Waals surface area (Å²) in [4.78, 5) is 0. The summed E-state index contributed by atoms with van der Waals surface area (Å²) in [6.45, 7) is 5.25. The zero-order valence-corrected chi connectivity index (χ0v) is 13.9. The Morgan fingerprint density at radius 3 is 2.85 bits per heavy atom. The van der Waals surface area contributed by atoms with Crippen LogP contribution in [-0.4, -0.2) is 19.7 Å². The van der Waals surface area contributed by atoms with Crippen LogP contribution in [0.2, 0.25) is 0 Å². The predicted molar refractivity (Wildman–Crippen MR) is 86.5 cm³/mol. The highest BCUT2D eigenvalue weighted by Crippen LogP contribution is 2.44. The third-order valence-electron chi connectivity index (χ3n) is 4.81. The van der Waals surface area contributed by atoms with Crippen molar-refractivity contribution in [2.45, 2.75) is 45.4 Å². The van der Waals surface area contributed by atoms with Gasteiger partial charge in [-0.2, -0.15) is 0 Å². The minimum atomic E-state index is 0.441. The summed E-state index contributed by atoms with van der Waals surface area (Å²) in [7, 11) is 0. The molecule has 20 heavy (non-hydrogen) atoms. The van der Waals surface area contributed by atoms with Crippen molar-refractivity contribution in [2.24, 2.45) is 5.41 Å². The van der Waals surface area contributed by atoms with Gasteiger partial charge in [0.05, 0.1) is 6.61 Å². The fourth-order valence-corrected chi connectivity index (χ4v) is 4.37. The summed E-state index contributed by atoms with van der Waals surface area (Å²) >= 11 is 3.66. The quantitative estimate of drug-likeness (QED) is 0.873. The molecule has 0 aromatic heterocycles. The lowest BCUT2D eigenvalue weighted by atomic mass is 9.79. The van der Waals surface area contributed by atoms with Crippen LogP contribution >= 0.6 is 15.9 Å². The van der Waals surface area contributed by atoms with Crippen LogP contribution in [0.1, 0.15) is 43.7 Å². The lowest BCUT2D eigenvalue weighted by Gasteiger charge is -2.30. The van der Waals surface area contributed by atoms with Crippen molar-refractivity contribution in [2.75, 3.05) is 19.7 Å². The molecule has 3 rings (SSSR count). The summed E-state index contributed by atoms with van der Waals surface area (Å²) in [5.41, 5.74) is 3.23. The fourth-order valence-electron chi connectivity index (χ4n) is 3.81. The van der Waals surface area contributed by atoms with Crippen LogP contribution in [0.4, 0.5) is 0 Å². The standard InChI is InChI=1S/C17H24BrNO/c1-2-19-12-17(6-3-4-7-17)11-14-10-15(18)9-13-5-8-20-16(13)14/h9-10,19H,2-8,11-12H2,1H3. The van der Waals surface area contributed by atoms with Crippen molar-refractivity contribution in [3.05, 3.63) is 27.7 Å². The Labute approximate surface area is 130 Å². The van der Waals surface area contributed by atoms with E-state index in [4.69, 9.17) is 4.74 Å². The van der Waals surface area contributed by atoms with Crippen molar-refractivity contribution in [3.63, 3.8) is 0 Å². The van der Waals surface area contributed by atoms with E-state index in [0.29, 0.717) is 5.41 Å². The number of rotatable bonds is 5. The van der Waals surface area contributed by atoms with Crippen LogP contribution in [0.25, 0.3) is 0 Å². The number of ether oxygens (including phenoxy) is 1. The first-order chi connectivity index (χ1) is 9.72. The Hall–Kier alpha value is -0.540. The summed E-state index contributed by atoms with van der Waals surface area (Å²) < 4.78 is 7.11. The van der Waals surface area contributed by atoms with Gasteiger partial charge in [0.25, 0.3) is 0 Å². The van der Waals surface area contributed by atoms with Gasteiger partial charge < -0.3 is 10.1 Å². The molecule has 1 aliphatic heterocycles. The van der Waals surface area contributed by atoms with Gasteiger partial charge in [-0.3, -0.25) is 0 Å². The number of fused-ring (bicyclic) bond motifs is 1. The molecule has 0 atom stereocenters. The maximum absolute atomic E-state index is 5.90. The number of benzene rings is 1. The highest BCUT2D eigenvalue weighted by atomic mass is 79.9. The van der Waals surface area contributed by atoms with Crippen molar-refractivity contribution in [1.82, 2.24) is 5.32 Å². The zero-order valence-electron chi connectivity index (χ0n) is 12.3. The van der Waals surface area contributed by atoms with E-state index in [1.165, 1.54) is 47.0 Å². The molecule has 0 saturated heterocycles. The number of nitrogens with one attached hydrogen (secondary N) is 1. The molecule has 1 aliphatic carbocycles. The Kier molecular flexibility index (Phi) is 4.37. The third-order valence-corrected chi connectivity index (χ3v) is 5.26. The molecule has 0 unspecified atom stereocenters. The van der Waals surface area contributed by atoms with Crippen LogP contribution in [-0.2, 0) is 12.8 Å². The minimum Gasteiger partial charge on any atom is -0.493 e. The molecule has 1 saturated carbocycles. The van der Waals surface area contributed by atoms with Crippen LogP contribution < -0.4 is 10.1 Å². The molecule has 1 aromatic carbocycles. The fraction of sp³-hybridized carbons (Fsp3) is 0.647. The average Bonchev–Trinajstić information content (AvgIpc) is 3.06. The first-order valence-corrected chi connectivity index (χ1v) is 8.67. The SMILES string of the molecule is CCNCC1(Cc2cc(Br)cc3c2OCC3)CCCC1. The van der Waals surface area contributed by atoms with E-state index in [1.807, 2.05) is 0 Å². The van der Waals surface area contributed by atoms with Crippen LogP contribution in [0.5, 0.6) is 5.75 Å². The molecule has 3 heteroatoms. The summed E-state index contributed by atoms with van der Waals surface area (Å²) in [6, 6.07) is 4.49. The highest BCUT2D eigenvalue weighted by molar-refractivity contribution is 9.10. The largest absolute Gasteiger partial charge is 0.493 e. The Bertz CT molecular complexity index is 480. The Balaban J connectivity index is 1.85. The van der Waals surface area contributed by atoms with Crippen LogP contribution in [0.15, 0.2) is 16.6 Å². The molecule has 1 fully saturated rings. The normalized spacial score (nSPS) is 19.9. The second-order valence-electron chi connectivity index (χ2n) is 6.32. The summed E-state index contributed by atoms with van der Waals surface area (Å²) in [6.07, 6.45) is 7.66. The average molecular weight is 338 g/mol. The summed E-state index contributed by atoms with van der Waals surface area (Å²) in [5, 5.41) is 3.58. The van der Waals surface area contributed by atoms with E-state index in [2.05, 4.69) is 40.3 Å². The molecule has 110 valence electrons. The van der Waals surface area contributed by atoms with Gasteiger partial charge in [0.1, 0.15) is 5.75 Å². The van der Waals surface area contributed by atoms with Crippen molar-refractivity contribution >= 4 is 15.9 Å².